The smallest absolute Gasteiger partial charge is 0.549 e. The molecule has 0 aliphatic carbocycles. The van der Waals surface area contributed by atoms with Crippen molar-refractivity contribution in [3.8, 4) is 0 Å². The quantitative estimate of drug-likeness (QED) is 0.259. The summed E-state index contributed by atoms with van der Waals surface area (Å²) in [5.74, 6) is -5.71. The van der Waals surface area contributed by atoms with E-state index < -0.39 is 62.1 Å². The summed E-state index contributed by atoms with van der Waals surface area (Å²) in [6.07, 6.45) is 0. The van der Waals surface area contributed by atoms with Crippen molar-refractivity contribution in [2.24, 2.45) is 0 Å². The maximum absolute atomic E-state index is 11.6. The van der Waals surface area contributed by atoms with Gasteiger partial charge in [0.25, 0.3) is 0 Å². The number of aliphatic carboxylic acids is 4. The minimum absolute atomic E-state index is 0. The molecular weight excluding hydrogens is 466 g/mol. The van der Waals surface area contributed by atoms with Crippen LogP contribution in [0.5, 0.6) is 0 Å². The van der Waals surface area contributed by atoms with E-state index in [4.69, 9.17) is 0 Å². The number of carbonyl (C=O) groups excluding carboxylic acids is 2. The van der Waals surface area contributed by atoms with Gasteiger partial charge in [0.2, 0.25) is 0 Å². The van der Waals surface area contributed by atoms with E-state index in [0.717, 1.165) is 9.80 Å². The predicted molar refractivity (Wildman–Crippen MR) is 107 cm³/mol. The van der Waals surface area contributed by atoms with Crippen molar-refractivity contribution in [2.45, 2.75) is 12.1 Å². The molecule has 12 heteroatoms. The average molecular weight is 488 g/mol. The minimum atomic E-state index is -1.55. The number of rotatable bonds is 13. The molecule has 0 heterocycles. The van der Waals surface area contributed by atoms with E-state index in [9.17, 15) is 39.6 Å². The van der Waals surface area contributed by atoms with Crippen molar-refractivity contribution < 1.29 is 98.7 Å². The Hall–Kier alpha value is -1.76. The number of carboxylic acids is 4. The molecule has 170 valence electrons. The molecule has 0 saturated carbocycles. The molecular formula is C22H22N2Na2O8. The molecule has 2 rings (SSSR count). The van der Waals surface area contributed by atoms with Crippen molar-refractivity contribution in [2.75, 3.05) is 26.2 Å². The maximum Gasteiger partial charge on any atom is 1.00 e. The summed E-state index contributed by atoms with van der Waals surface area (Å²) >= 11 is 0. The summed E-state index contributed by atoms with van der Waals surface area (Å²) in [6, 6.07) is 14.5. The van der Waals surface area contributed by atoms with Gasteiger partial charge < -0.3 is 30.0 Å². The van der Waals surface area contributed by atoms with Crippen LogP contribution in [0.1, 0.15) is 23.2 Å². The molecule has 0 radical (unpaired) electrons. The normalized spacial score (nSPS) is 12.2. The van der Waals surface area contributed by atoms with Crippen LogP contribution in [0, 0.1) is 0 Å². The van der Waals surface area contributed by atoms with Gasteiger partial charge in [-0.2, -0.15) is 0 Å². The van der Waals surface area contributed by atoms with E-state index >= 15 is 0 Å². The molecule has 10 nitrogen and oxygen atoms in total. The van der Waals surface area contributed by atoms with Crippen molar-refractivity contribution in [3.05, 3.63) is 71.8 Å². The number of nitrogens with zero attached hydrogens (tertiary/aromatic N) is 2. The molecule has 0 aliphatic rings. The summed E-state index contributed by atoms with van der Waals surface area (Å²) in [7, 11) is 0. The molecule has 2 unspecified atom stereocenters. The molecule has 2 atom stereocenters. The number of carboxylic acid groups (broad SMARTS) is 4. The first-order valence-corrected chi connectivity index (χ1v) is 9.60. The zero-order valence-corrected chi connectivity index (χ0v) is 23.0. The topological polar surface area (TPSA) is 161 Å². The van der Waals surface area contributed by atoms with Crippen LogP contribution >= 0.6 is 0 Å². The molecule has 0 aromatic heterocycles. The third-order valence-corrected chi connectivity index (χ3v) is 4.71. The van der Waals surface area contributed by atoms with Crippen LogP contribution in [0.3, 0.4) is 0 Å². The number of carbonyl (C=O) groups is 4. The van der Waals surface area contributed by atoms with Crippen molar-refractivity contribution in [3.63, 3.8) is 0 Å². The Morgan fingerprint density at radius 1 is 0.618 bits per heavy atom. The Kier molecular flexibility index (Phi) is 15.2. The Bertz CT molecular complexity index is 837. The zero-order valence-electron chi connectivity index (χ0n) is 19.0. The van der Waals surface area contributed by atoms with Crippen LogP contribution in [0.15, 0.2) is 60.7 Å². The number of benzene rings is 2. The molecule has 2 aromatic rings. The second-order valence-corrected chi connectivity index (χ2v) is 7.05. The van der Waals surface area contributed by atoms with E-state index in [1.807, 2.05) is 0 Å². The van der Waals surface area contributed by atoms with Crippen LogP contribution in [0.25, 0.3) is 0 Å². The Labute approximate surface area is 240 Å². The first kappa shape index (κ1) is 32.2. The Morgan fingerprint density at radius 2 is 0.912 bits per heavy atom. The first-order chi connectivity index (χ1) is 15.2. The van der Waals surface area contributed by atoms with Crippen LogP contribution in [0.2, 0.25) is 0 Å². The molecule has 2 N–H and O–H groups in total. The van der Waals surface area contributed by atoms with E-state index in [1.165, 1.54) is 0 Å². The number of hydrogen-bond donors (Lipinski definition) is 2. The summed E-state index contributed by atoms with van der Waals surface area (Å²) in [5.41, 5.74) is 0.940. The second-order valence-electron chi connectivity index (χ2n) is 7.05. The van der Waals surface area contributed by atoms with Gasteiger partial charge in [-0.3, -0.25) is 19.4 Å². The Morgan fingerprint density at radius 3 is 1.18 bits per heavy atom. The first-order valence-electron chi connectivity index (χ1n) is 9.60. The summed E-state index contributed by atoms with van der Waals surface area (Å²) < 4.78 is 0. The molecule has 0 bridgehead atoms. The third kappa shape index (κ3) is 10.2. The van der Waals surface area contributed by atoms with E-state index in [0.29, 0.717) is 11.1 Å². The minimum Gasteiger partial charge on any atom is -0.549 e. The van der Waals surface area contributed by atoms with Gasteiger partial charge in [-0.25, -0.2) is 0 Å². The fourth-order valence-corrected chi connectivity index (χ4v) is 3.67. The Balaban J connectivity index is 0.00000544. The van der Waals surface area contributed by atoms with Gasteiger partial charge in [0.15, 0.2) is 0 Å². The molecule has 0 saturated heterocycles. The number of hydrogen-bond acceptors (Lipinski definition) is 8. The van der Waals surface area contributed by atoms with Crippen molar-refractivity contribution in [1.29, 1.82) is 0 Å². The summed E-state index contributed by atoms with van der Waals surface area (Å²) in [5, 5.41) is 41.7. The van der Waals surface area contributed by atoms with Gasteiger partial charge in [0.05, 0.1) is 37.1 Å². The molecule has 0 amide bonds. The van der Waals surface area contributed by atoms with Crippen molar-refractivity contribution >= 4 is 23.9 Å². The van der Waals surface area contributed by atoms with Crippen LogP contribution in [0.4, 0.5) is 0 Å². The predicted octanol–water partition coefficient (Wildman–Crippen LogP) is -7.25. The second kappa shape index (κ2) is 16.0. The standard InChI is InChI=1S/C22H24N2O8.2Na/c25-17(26)11-23(12-18(27)28)21(15-7-3-1-4-8-15)22(16-9-5-2-6-10-16)24(13-19(29)30)14-20(31)32;;/h1-10,21-22H,11-14H2,(H,25,26)(H,27,28)(H,29,30)(H,31,32);;/q;2*+1/p-2. The van der Waals surface area contributed by atoms with Crippen molar-refractivity contribution in [1.82, 2.24) is 9.80 Å². The molecule has 0 spiro atoms. The van der Waals surface area contributed by atoms with Crippen LogP contribution in [-0.2, 0) is 19.2 Å². The van der Waals surface area contributed by atoms with Crippen LogP contribution in [-0.4, -0.2) is 70.1 Å². The third-order valence-electron chi connectivity index (χ3n) is 4.71. The largest absolute Gasteiger partial charge is 1.00 e. The molecule has 0 fully saturated rings. The van der Waals surface area contributed by atoms with Crippen LogP contribution < -0.4 is 69.3 Å². The fraction of sp³-hybridized carbons (Fsp3) is 0.273. The van der Waals surface area contributed by atoms with E-state index in [1.54, 1.807) is 60.7 Å². The summed E-state index contributed by atoms with van der Waals surface area (Å²) in [4.78, 5) is 48.2. The van der Waals surface area contributed by atoms with Gasteiger partial charge in [-0.1, -0.05) is 60.7 Å². The van der Waals surface area contributed by atoms with Gasteiger partial charge in [-0.05, 0) is 11.1 Å². The maximum atomic E-state index is 11.6. The van der Waals surface area contributed by atoms with E-state index in [-0.39, 0.29) is 59.1 Å². The summed E-state index contributed by atoms with van der Waals surface area (Å²) in [6.45, 7) is -2.96. The van der Waals surface area contributed by atoms with E-state index in [2.05, 4.69) is 0 Å². The van der Waals surface area contributed by atoms with Gasteiger partial charge >= 0.3 is 71.1 Å². The fourth-order valence-electron chi connectivity index (χ4n) is 3.67. The SMILES string of the molecule is O=C([O-])CN(CC(=O)[O-])C(c1ccccc1)C(c1ccccc1)N(CC(=O)O)CC(=O)O.[Na+].[Na+]. The average Bonchev–Trinajstić information content (AvgIpc) is 2.71. The monoisotopic (exact) mass is 488 g/mol. The molecule has 2 aromatic carbocycles. The molecule has 34 heavy (non-hydrogen) atoms. The zero-order chi connectivity index (χ0) is 23.7. The molecule has 0 aliphatic heterocycles. The van der Waals surface area contributed by atoms with Gasteiger partial charge in [0, 0.05) is 13.1 Å². The van der Waals surface area contributed by atoms with Gasteiger partial charge in [-0.15, -0.1) is 0 Å². The van der Waals surface area contributed by atoms with Gasteiger partial charge in [0.1, 0.15) is 0 Å².